The lowest BCUT2D eigenvalue weighted by Gasteiger charge is -2.31. The Kier molecular flexibility index (Phi) is 4.93. The molecule has 1 aliphatic rings. The number of carbonyl (C=O) groups is 1. The van der Waals surface area contributed by atoms with Crippen LogP contribution in [0.3, 0.4) is 0 Å². The summed E-state index contributed by atoms with van der Waals surface area (Å²) in [5.74, 6) is 0.658. The van der Waals surface area contributed by atoms with E-state index in [1.165, 1.54) is 0 Å². The molecule has 1 aliphatic heterocycles. The number of piperidine rings is 1. The van der Waals surface area contributed by atoms with E-state index in [2.05, 4.69) is 25.7 Å². The normalized spacial score (nSPS) is 20.0. The highest BCUT2D eigenvalue weighted by Gasteiger charge is 2.22. The fraction of sp³-hybridized carbons (Fsp3) is 0.923. The summed E-state index contributed by atoms with van der Waals surface area (Å²) in [6.07, 6.45) is 2.04. The number of ether oxygens (including phenoxy) is 1. The Morgan fingerprint density at radius 3 is 2.31 bits per heavy atom. The highest BCUT2D eigenvalue weighted by atomic mass is 16.5. The number of carbonyl (C=O) groups excluding carboxylic acids is 1. The number of nitrogens with zero attached hydrogens (tertiary/aromatic N) is 1. The minimum Gasteiger partial charge on any atom is -0.375 e. The molecule has 3 heteroatoms. The summed E-state index contributed by atoms with van der Waals surface area (Å²) < 4.78 is 5.70. The molecule has 0 aromatic carbocycles. The van der Waals surface area contributed by atoms with Gasteiger partial charge in [-0.05, 0) is 53.6 Å². The molecule has 1 saturated heterocycles. The van der Waals surface area contributed by atoms with Crippen molar-refractivity contribution in [1.29, 1.82) is 0 Å². The molecule has 0 amide bonds. The van der Waals surface area contributed by atoms with Gasteiger partial charge in [-0.1, -0.05) is 0 Å². The van der Waals surface area contributed by atoms with Crippen LogP contribution >= 0.6 is 0 Å². The summed E-state index contributed by atoms with van der Waals surface area (Å²) in [5.41, 5.74) is -0.0439. The molecule has 0 saturated carbocycles. The second-order valence-corrected chi connectivity index (χ2v) is 5.69. The Balaban J connectivity index is 2.15. The molecule has 1 fully saturated rings. The van der Waals surface area contributed by atoms with Gasteiger partial charge >= 0.3 is 0 Å². The third-order valence-electron chi connectivity index (χ3n) is 3.11. The fourth-order valence-corrected chi connectivity index (χ4v) is 2.04. The first kappa shape index (κ1) is 13.7. The van der Waals surface area contributed by atoms with Gasteiger partial charge in [0.1, 0.15) is 5.78 Å². The minimum absolute atomic E-state index is 0.0439. The molecule has 1 heterocycles. The van der Waals surface area contributed by atoms with Crippen molar-refractivity contribution >= 4 is 5.78 Å². The maximum atomic E-state index is 11.2. The van der Waals surface area contributed by atoms with E-state index in [9.17, 15) is 4.79 Å². The number of ketones is 1. The minimum atomic E-state index is -0.0439. The van der Waals surface area contributed by atoms with Crippen LogP contribution in [0.15, 0.2) is 0 Å². The van der Waals surface area contributed by atoms with Gasteiger partial charge in [0.05, 0.1) is 12.2 Å². The summed E-state index contributed by atoms with van der Waals surface area (Å²) in [6, 6.07) is 0. The second-order valence-electron chi connectivity index (χ2n) is 5.69. The Morgan fingerprint density at radius 1 is 1.31 bits per heavy atom. The van der Waals surface area contributed by atoms with Gasteiger partial charge in [-0.2, -0.15) is 0 Å². The molecule has 0 unspecified atom stereocenters. The van der Waals surface area contributed by atoms with E-state index in [0.29, 0.717) is 11.7 Å². The highest BCUT2D eigenvalue weighted by Crippen LogP contribution is 2.17. The molecular weight excluding hydrogens is 202 g/mol. The van der Waals surface area contributed by atoms with E-state index in [-0.39, 0.29) is 5.60 Å². The van der Waals surface area contributed by atoms with Gasteiger partial charge in [-0.25, -0.2) is 0 Å². The van der Waals surface area contributed by atoms with Crippen LogP contribution in [0.4, 0.5) is 0 Å². The van der Waals surface area contributed by atoms with Gasteiger partial charge in [-0.15, -0.1) is 0 Å². The largest absolute Gasteiger partial charge is 0.375 e. The monoisotopic (exact) mass is 227 g/mol. The van der Waals surface area contributed by atoms with Gasteiger partial charge < -0.3 is 9.64 Å². The second kappa shape index (κ2) is 5.78. The molecule has 0 N–H and O–H groups in total. The van der Waals surface area contributed by atoms with Crippen LogP contribution in [-0.2, 0) is 9.53 Å². The van der Waals surface area contributed by atoms with Crippen LogP contribution < -0.4 is 0 Å². The maximum Gasteiger partial charge on any atom is 0.133 e. The van der Waals surface area contributed by atoms with Gasteiger partial charge in [0.15, 0.2) is 0 Å². The third-order valence-corrected chi connectivity index (χ3v) is 3.11. The number of hydrogen-bond acceptors (Lipinski definition) is 3. The molecule has 16 heavy (non-hydrogen) atoms. The molecular formula is C13H25NO2. The van der Waals surface area contributed by atoms with Crippen molar-refractivity contribution in [1.82, 2.24) is 4.90 Å². The summed E-state index contributed by atoms with van der Waals surface area (Å²) in [6.45, 7) is 11.8. The maximum absolute atomic E-state index is 11.2. The van der Waals surface area contributed by atoms with E-state index in [0.717, 1.165) is 39.1 Å². The standard InChI is InChI=1S/C13H25NO2/c1-11(15)12-5-7-14(8-6-12)9-10-16-13(2,3)4/h12H,5-10H2,1-4H3. The summed E-state index contributed by atoms with van der Waals surface area (Å²) in [5, 5.41) is 0. The first-order valence-corrected chi connectivity index (χ1v) is 6.25. The van der Waals surface area contributed by atoms with Gasteiger partial charge in [0.2, 0.25) is 0 Å². The van der Waals surface area contributed by atoms with E-state index < -0.39 is 0 Å². The Labute approximate surface area is 99.1 Å². The summed E-state index contributed by atoms with van der Waals surface area (Å²) in [7, 11) is 0. The summed E-state index contributed by atoms with van der Waals surface area (Å²) >= 11 is 0. The van der Waals surface area contributed by atoms with Crippen molar-refractivity contribution in [2.24, 2.45) is 5.92 Å². The van der Waals surface area contributed by atoms with Crippen molar-refractivity contribution in [2.75, 3.05) is 26.2 Å². The van der Waals surface area contributed by atoms with Crippen LogP contribution in [0.25, 0.3) is 0 Å². The van der Waals surface area contributed by atoms with Crippen molar-refractivity contribution in [3.8, 4) is 0 Å². The first-order chi connectivity index (χ1) is 7.38. The van der Waals surface area contributed by atoms with Crippen LogP contribution in [0.2, 0.25) is 0 Å². The molecule has 0 spiro atoms. The zero-order valence-corrected chi connectivity index (χ0v) is 11.1. The quantitative estimate of drug-likeness (QED) is 0.736. The SMILES string of the molecule is CC(=O)C1CCN(CCOC(C)(C)C)CC1. The van der Waals surface area contributed by atoms with Crippen LogP contribution in [0.1, 0.15) is 40.5 Å². The van der Waals surface area contributed by atoms with Crippen molar-refractivity contribution in [3.63, 3.8) is 0 Å². The first-order valence-electron chi connectivity index (χ1n) is 6.25. The zero-order valence-electron chi connectivity index (χ0n) is 11.1. The number of hydrogen-bond donors (Lipinski definition) is 0. The summed E-state index contributed by atoms with van der Waals surface area (Å²) in [4.78, 5) is 13.6. The lowest BCUT2D eigenvalue weighted by atomic mass is 9.93. The molecule has 0 aromatic rings. The van der Waals surface area contributed by atoms with E-state index in [1.54, 1.807) is 6.92 Å². The van der Waals surface area contributed by atoms with E-state index in [1.807, 2.05) is 0 Å². The lowest BCUT2D eigenvalue weighted by Crippen LogP contribution is -2.38. The molecule has 0 radical (unpaired) electrons. The number of rotatable bonds is 4. The molecule has 3 nitrogen and oxygen atoms in total. The topological polar surface area (TPSA) is 29.5 Å². The smallest absolute Gasteiger partial charge is 0.133 e. The highest BCUT2D eigenvalue weighted by molar-refractivity contribution is 5.78. The average molecular weight is 227 g/mol. The van der Waals surface area contributed by atoms with E-state index in [4.69, 9.17) is 4.74 Å². The average Bonchev–Trinajstić information content (AvgIpc) is 2.16. The van der Waals surface area contributed by atoms with E-state index >= 15 is 0 Å². The van der Waals surface area contributed by atoms with Crippen molar-refractivity contribution < 1.29 is 9.53 Å². The molecule has 94 valence electrons. The number of likely N-dealkylation sites (tertiary alicyclic amines) is 1. The van der Waals surface area contributed by atoms with Crippen LogP contribution in [0, 0.1) is 5.92 Å². The molecule has 0 atom stereocenters. The molecule has 0 aromatic heterocycles. The zero-order chi connectivity index (χ0) is 12.2. The molecule has 0 bridgehead atoms. The van der Waals surface area contributed by atoms with Gasteiger partial charge in [0, 0.05) is 12.5 Å². The molecule has 1 rings (SSSR count). The number of Topliss-reactive ketones (excluding diaryl/α,β-unsaturated/α-hetero) is 1. The molecule has 0 aliphatic carbocycles. The third kappa shape index (κ3) is 5.08. The predicted octanol–water partition coefficient (Wildman–Crippen LogP) is 2.10. The Bertz CT molecular complexity index is 225. The lowest BCUT2D eigenvalue weighted by molar-refractivity contribution is -0.122. The van der Waals surface area contributed by atoms with Crippen molar-refractivity contribution in [2.45, 2.75) is 46.1 Å². The Hall–Kier alpha value is -0.410. The van der Waals surface area contributed by atoms with Gasteiger partial charge in [0.25, 0.3) is 0 Å². The predicted molar refractivity (Wildman–Crippen MR) is 65.6 cm³/mol. The van der Waals surface area contributed by atoms with Crippen LogP contribution in [-0.4, -0.2) is 42.5 Å². The Morgan fingerprint density at radius 2 is 1.88 bits per heavy atom. The van der Waals surface area contributed by atoms with Crippen LogP contribution in [0.5, 0.6) is 0 Å². The fourth-order valence-electron chi connectivity index (χ4n) is 2.04. The van der Waals surface area contributed by atoms with Gasteiger partial charge in [-0.3, -0.25) is 4.79 Å². The van der Waals surface area contributed by atoms with Crippen molar-refractivity contribution in [3.05, 3.63) is 0 Å².